The highest BCUT2D eigenvalue weighted by atomic mass is 16.8. The van der Waals surface area contributed by atoms with Crippen LogP contribution >= 0.6 is 0 Å². The van der Waals surface area contributed by atoms with Crippen molar-refractivity contribution in [3.05, 3.63) is 12.3 Å². The number of unbranched alkanes of at least 4 members (excludes halogenated alkanes) is 8. The first-order valence-electron chi connectivity index (χ1n) is 12.1. The van der Waals surface area contributed by atoms with Gasteiger partial charge in [-0.1, -0.05) is 90.6 Å². The molecule has 0 aliphatic rings. The van der Waals surface area contributed by atoms with Gasteiger partial charge in [-0.05, 0) is 32.1 Å². The van der Waals surface area contributed by atoms with E-state index in [1.165, 1.54) is 70.6 Å². The standard InChI is InChI=1S/C25H50O4/c1-6-21-28-22-17-13-9-8-10-15-19-24(29-25(26-4)27-5)20-16-12-11-14-18-23(3)7-2/h6,21,23-25H,7-20,22H2,1-5H3. The fourth-order valence-corrected chi connectivity index (χ4v) is 3.50. The fourth-order valence-electron chi connectivity index (χ4n) is 3.50. The van der Waals surface area contributed by atoms with Gasteiger partial charge in [0.25, 0.3) is 6.48 Å². The predicted molar refractivity (Wildman–Crippen MR) is 123 cm³/mol. The molecule has 0 spiro atoms. The number of hydrogen-bond acceptors (Lipinski definition) is 4. The van der Waals surface area contributed by atoms with Crippen molar-refractivity contribution in [2.75, 3.05) is 20.8 Å². The Kier molecular flexibility index (Phi) is 21.7. The molecule has 2 atom stereocenters. The van der Waals surface area contributed by atoms with Gasteiger partial charge in [-0.25, -0.2) is 0 Å². The van der Waals surface area contributed by atoms with Gasteiger partial charge >= 0.3 is 0 Å². The summed E-state index contributed by atoms with van der Waals surface area (Å²) in [6.07, 6.45) is 21.5. The molecule has 0 saturated carbocycles. The van der Waals surface area contributed by atoms with Crippen LogP contribution in [-0.4, -0.2) is 33.4 Å². The van der Waals surface area contributed by atoms with E-state index in [9.17, 15) is 0 Å². The molecule has 0 amide bonds. The first-order chi connectivity index (χ1) is 14.2. The Labute approximate surface area is 181 Å². The van der Waals surface area contributed by atoms with Crippen molar-refractivity contribution in [1.82, 2.24) is 0 Å². The molecule has 0 aromatic carbocycles. The third-order valence-electron chi connectivity index (χ3n) is 5.63. The SMILES string of the molecule is CC=COCCCCCCCCC(CCCCCCC(C)CC)OC(OC)OC. The lowest BCUT2D eigenvalue weighted by atomic mass is 9.99. The molecule has 0 aliphatic heterocycles. The molecule has 0 N–H and O–H groups in total. The van der Waals surface area contributed by atoms with Gasteiger partial charge in [0.2, 0.25) is 0 Å². The molecule has 4 nitrogen and oxygen atoms in total. The third-order valence-corrected chi connectivity index (χ3v) is 5.63. The molecule has 0 aliphatic carbocycles. The van der Waals surface area contributed by atoms with E-state index in [4.69, 9.17) is 18.9 Å². The highest BCUT2D eigenvalue weighted by Gasteiger charge is 2.15. The molecule has 0 heterocycles. The van der Waals surface area contributed by atoms with Crippen molar-refractivity contribution in [1.29, 1.82) is 0 Å². The summed E-state index contributed by atoms with van der Waals surface area (Å²) in [5.74, 6) is 0.871. The van der Waals surface area contributed by atoms with E-state index >= 15 is 0 Å². The van der Waals surface area contributed by atoms with Crippen LogP contribution in [0.5, 0.6) is 0 Å². The Hall–Kier alpha value is -0.580. The molecule has 0 fully saturated rings. The van der Waals surface area contributed by atoms with Crippen LogP contribution in [0.3, 0.4) is 0 Å². The molecular formula is C25H50O4. The van der Waals surface area contributed by atoms with Gasteiger partial charge in [0.1, 0.15) is 0 Å². The molecular weight excluding hydrogens is 364 g/mol. The minimum atomic E-state index is -0.539. The van der Waals surface area contributed by atoms with Crippen LogP contribution in [0, 0.1) is 5.92 Å². The number of methoxy groups -OCH3 is 2. The number of ether oxygens (including phenoxy) is 4. The first-order valence-corrected chi connectivity index (χ1v) is 12.1. The van der Waals surface area contributed by atoms with Crippen molar-refractivity contribution < 1.29 is 18.9 Å². The fraction of sp³-hybridized carbons (Fsp3) is 0.920. The number of allylic oxidation sites excluding steroid dienone is 1. The Morgan fingerprint density at radius 2 is 1.24 bits per heavy atom. The summed E-state index contributed by atoms with van der Waals surface area (Å²) in [4.78, 5) is 0. The van der Waals surface area contributed by atoms with E-state index in [0.717, 1.165) is 31.8 Å². The molecule has 174 valence electrons. The summed E-state index contributed by atoms with van der Waals surface area (Å²) in [7, 11) is 3.28. The Balaban J connectivity index is 3.88. The maximum absolute atomic E-state index is 6.03. The average Bonchev–Trinajstić information content (AvgIpc) is 2.74. The second-order valence-electron chi connectivity index (χ2n) is 8.27. The van der Waals surface area contributed by atoms with E-state index in [1.807, 2.05) is 13.0 Å². The zero-order valence-corrected chi connectivity index (χ0v) is 20.1. The normalized spacial score (nSPS) is 14.0. The van der Waals surface area contributed by atoms with Crippen LogP contribution in [-0.2, 0) is 18.9 Å². The summed E-state index contributed by atoms with van der Waals surface area (Å²) in [5, 5.41) is 0. The van der Waals surface area contributed by atoms with E-state index in [-0.39, 0.29) is 6.10 Å². The molecule has 0 aromatic rings. The molecule has 29 heavy (non-hydrogen) atoms. The number of rotatable bonds is 22. The number of hydrogen-bond donors (Lipinski definition) is 0. The lowest BCUT2D eigenvalue weighted by Crippen LogP contribution is -2.25. The van der Waals surface area contributed by atoms with Crippen molar-refractivity contribution in [3.63, 3.8) is 0 Å². The Bertz CT molecular complexity index is 342. The summed E-state index contributed by atoms with van der Waals surface area (Å²) < 4.78 is 21.9. The lowest BCUT2D eigenvalue weighted by Gasteiger charge is -2.23. The molecule has 2 unspecified atom stereocenters. The minimum absolute atomic E-state index is 0.240. The zero-order chi connectivity index (χ0) is 21.6. The topological polar surface area (TPSA) is 36.9 Å². The molecule has 0 bridgehead atoms. The maximum Gasteiger partial charge on any atom is 0.271 e. The van der Waals surface area contributed by atoms with Crippen LogP contribution in [0.15, 0.2) is 12.3 Å². The van der Waals surface area contributed by atoms with Gasteiger partial charge in [-0.15, -0.1) is 0 Å². The lowest BCUT2D eigenvalue weighted by molar-refractivity contribution is -0.285. The highest BCUT2D eigenvalue weighted by Crippen LogP contribution is 2.19. The van der Waals surface area contributed by atoms with Gasteiger partial charge in [0.15, 0.2) is 0 Å². The van der Waals surface area contributed by atoms with Crippen molar-refractivity contribution >= 4 is 0 Å². The summed E-state index contributed by atoms with van der Waals surface area (Å²) >= 11 is 0. The summed E-state index contributed by atoms with van der Waals surface area (Å²) in [6, 6.07) is 0. The van der Waals surface area contributed by atoms with Crippen LogP contribution in [0.2, 0.25) is 0 Å². The summed E-state index contributed by atoms with van der Waals surface area (Å²) in [6.45, 7) is 6.92. The minimum Gasteiger partial charge on any atom is -0.502 e. The van der Waals surface area contributed by atoms with Gasteiger partial charge in [-0.3, -0.25) is 0 Å². The average molecular weight is 415 g/mol. The monoisotopic (exact) mass is 414 g/mol. The van der Waals surface area contributed by atoms with Crippen LogP contribution in [0.4, 0.5) is 0 Å². The highest BCUT2D eigenvalue weighted by molar-refractivity contribution is 4.65. The Morgan fingerprint density at radius 1 is 0.724 bits per heavy atom. The quantitative estimate of drug-likeness (QED) is 0.104. The van der Waals surface area contributed by atoms with Crippen molar-refractivity contribution in [2.45, 2.75) is 123 Å². The van der Waals surface area contributed by atoms with Crippen LogP contribution in [0.1, 0.15) is 111 Å². The van der Waals surface area contributed by atoms with Gasteiger partial charge in [0, 0.05) is 14.2 Å². The van der Waals surface area contributed by atoms with Crippen LogP contribution in [0.25, 0.3) is 0 Å². The predicted octanol–water partition coefficient (Wildman–Crippen LogP) is 7.62. The second kappa shape index (κ2) is 22.1. The zero-order valence-electron chi connectivity index (χ0n) is 20.1. The smallest absolute Gasteiger partial charge is 0.271 e. The van der Waals surface area contributed by atoms with Gasteiger partial charge in [-0.2, -0.15) is 0 Å². The molecule has 0 rings (SSSR count). The third kappa shape index (κ3) is 19.1. The van der Waals surface area contributed by atoms with Crippen LogP contribution < -0.4 is 0 Å². The van der Waals surface area contributed by atoms with Gasteiger partial charge in [0.05, 0.1) is 19.0 Å². The largest absolute Gasteiger partial charge is 0.502 e. The van der Waals surface area contributed by atoms with E-state index in [0.29, 0.717) is 0 Å². The van der Waals surface area contributed by atoms with E-state index < -0.39 is 6.48 Å². The summed E-state index contributed by atoms with van der Waals surface area (Å²) in [5.41, 5.74) is 0. The second-order valence-corrected chi connectivity index (χ2v) is 8.27. The molecule has 4 heteroatoms. The first kappa shape index (κ1) is 28.4. The van der Waals surface area contributed by atoms with E-state index in [2.05, 4.69) is 13.8 Å². The van der Waals surface area contributed by atoms with Crippen molar-refractivity contribution in [3.8, 4) is 0 Å². The molecule has 0 radical (unpaired) electrons. The molecule has 0 aromatic heterocycles. The van der Waals surface area contributed by atoms with E-state index in [1.54, 1.807) is 20.5 Å². The van der Waals surface area contributed by atoms with Gasteiger partial charge < -0.3 is 18.9 Å². The Morgan fingerprint density at radius 3 is 1.76 bits per heavy atom. The molecule has 0 saturated heterocycles. The van der Waals surface area contributed by atoms with Crippen molar-refractivity contribution in [2.24, 2.45) is 5.92 Å². The maximum atomic E-state index is 6.03.